The smallest absolute Gasteiger partial charge is 0.382 e. The fourth-order valence-electron chi connectivity index (χ4n) is 1.96. The molecule has 0 amide bonds. The zero-order chi connectivity index (χ0) is 15.5. The van der Waals surface area contributed by atoms with Gasteiger partial charge in [0.25, 0.3) is 9.84 Å². The highest BCUT2D eigenvalue weighted by Gasteiger charge is 2.47. The molecule has 0 spiro atoms. The first-order valence-corrected chi connectivity index (χ1v) is 7.76. The monoisotopic (exact) mass is 324 g/mol. The SMILES string of the molecule is O=S(=O)(c1ccccc1NCC1COCCN1)C(F)(F)F. The molecule has 1 aromatic carbocycles. The number of anilines is 1. The molecule has 1 unspecified atom stereocenters. The van der Waals surface area contributed by atoms with Gasteiger partial charge in [0.05, 0.1) is 23.8 Å². The van der Waals surface area contributed by atoms with E-state index in [0.29, 0.717) is 19.8 Å². The van der Waals surface area contributed by atoms with Gasteiger partial charge >= 0.3 is 5.51 Å². The van der Waals surface area contributed by atoms with Crippen molar-refractivity contribution in [2.45, 2.75) is 16.4 Å². The van der Waals surface area contributed by atoms with Crippen molar-refractivity contribution >= 4 is 15.5 Å². The third kappa shape index (κ3) is 3.66. The van der Waals surface area contributed by atoms with Crippen LogP contribution < -0.4 is 10.6 Å². The van der Waals surface area contributed by atoms with Gasteiger partial charge in [-0.3, -0.25) is 0 Å². The molecule has 2 N–H and O–H groups in total. The molecule has 0 bridgehead atoms. The van der Waals surface area contributed by atoms with Crippen LogP contribution in [0, 0.1) is 0 Å². The highest BCUT2D eigenvalue weighted by molar-refractivity contribution is 7.92. The van der Waals surface area contributed by atoms with E-state index < -0.39 is 20.2 Å². The lowest BCUT2D eigenvalue weighted by Gasteiger charge is -2.25. The maximum Gasteiger partial charge on any atom is 0.501 e. The summed E-state index contributed by atoms with van der Waals surface area (Å²) in [6, 6.07) is 4.90. The Morgan fingerprint density at radius 3 is 2.67 bits per heavy atom. The maximum absolute atomic E-state index is 12.6. The number of hydrogen-bond donors (Lipinski definition) is 2. The number of sulfone groups is 1. The molecule has 2 rings (SSSR count). The van der Waals surface area contributed by atoms with Gasteiger partial charge in [0.15, 0.2) is 0 Å². The lowest BCUT2D eigenvalue weighted by atomic mass is 10.2. The van der Waals surface area contributed by atoms with Gasteiger partial charge < -0.3 is 15.4 Å². The summed E-state index contributed by atoms with van der Waals surface area (Å²) in [6.45, 7) is 1.91. The molecular formula is C12H15F3N2O3S. The Labute approximate surface area is 120 Å². The summed E-state index contributed by atoms with van der Waals surface area (Å²) in [6.07, 6.45) is 0. The fraction of sp³-hybridized carbons (Fsp3) is 0.500. The summed E-state index contributed by atoms with van der Waals surface area (Å²) >= 11 is 0. The van der Waals surface area contributed by atoms with E-state index in [1.54, 1.807) is 0 Å². The third-order valence-electron chi connectivity index (χ3n) is 3.02. The predicted octanol–water partition coefficient (Wildman–Crippen LogP) is 1.38. The van der Waals surface area contributed by atoms with Crippen LogP contribution in [0.5, 0.6) is 0 Å². The quantitative estimate of drug-likeness (QED) is 0.876. The zero-order valence-corrected chi connectivity index (χ0v) is 11.8. The molecule has 1 aliphatic heterocycles. The number of morpholine rings is 1. The van der Waals surface area contributed by atoms with Crippen LogP contribution in [0.4, 0.5) is 18.9 Å². The summed E-state index contributed by atoms with van der Waals surface area (Å²) in [5.41, 5.74) is -5.39. The summed E-state index contributed by atoms with van der Waals surface area (Å²) in [7, 11) is -5.37. The molecule has 1 fully saturated rings. The molecule has 21 heavy (non-hydrogen) atoms. The van der Waals surface area contributed by atoms with E-state index in [9.17, 15) is 21.6 Å². The Morgan fingerprint density at radius 2 is 2.05 bits per heavy atom. The number of alkyl halides is 3. The molecular weight excluding hydrogens is 309 g/mol. The van der Waals surface area contributed by atoms with Crippen molar-refractivity contribution in [1.29, 1.82) is 0 Å². The van der Waals surface area contributed by atoms with E-state index in [2.05, 4.69) is 10.6 Å². The Morgan fingerprint density at radius 1 is 1.33 bits per heavy atom. The average Bonchev–Trinajstić information content (AvgIpc) is 2.45. The standard InChI is InChI=1S/C12H15F3N2O3S/c13-12(14,15)21(18,19)11-4-2-1-3-10(11)17-7-9-8-20-6-5-16-9/h1-4,9,16-17H,5-8H2. The van der Waals surface area contributed by atoms with E-state index in [0.717, 1.165) is 6.07 Å². The number of rotatable bonds is 4. The van der Waals surface area contributed by atoms with Crippen molar-refractivity contribution in [3.05, 3.63) is 24.3 Å². The van der Waals surface area contributed by atoms with Crippen LogP contribution in [-0.4, -0.2) is 46.3 Å². The van der Waals surface area contributed by atoms with Crippen LogP contribution in [0.2, 0.25) is 0 Å². The van der Waals surface area contributed by atoms with Crippen LogP contribution in [0.25, 0.3) is 0 Å². The van der Waals surface area contributed by atoms with E-state index in [-0.39, 0.29) is 18.3 Å². The summed E-state index contributed by atoms with van der Waals surface area (Å²) in [5.74, 6) is 0. The van der Waals surface area contributed by atoms with E-state index in [1.807, 2.05) is 0 Å². The molecule has 1 atom stereocenters. The number of nitrogens with one attached hydrogen (secondary N) is 2. The molecule has 118 valence electrons. The van der Waals surface area contributed by atoms with Crippen LogP contribution in [0.1, 0.15) is 0 Å². The number of hydrogen-bond acceptors (Lipinski definition) is 5. The van der Waals surface area contributed by atoms with Crippen LogP contribution >= 0.6 is 0 Å². The Balaban J connectivity index is 2.17. The molecule has 0 aliphatic carbocycles. The second-order valence-electron chi connectivity index (χ2n) is 4.55. The van der Waals surface area contributed by atoms with Crippen molar-refractivity contribution in [3.63, 3.8) is 0 Å². The van der Waals surface area contributed by atoms with Crippen LogP contribution in [0.3, 0.4) is 0 Å². The van der Waals surface area contributed by atoms with E-state index >= 15 is 0 Å². The molecule has 0 radical (unpaired) electrons. The normalized spacial score (nSPS) is 20.2. The Bertz CT molecular complexity index is 584. The van der Waals surface area contributed by atoms with E-state index in [1.165, 1.54) is 18.2 Å². The lowest BCUT2D eigenvalue weighted by molar-refractivity contribution is -0.0435. The first-order valence-electron chi connectivity index (χ1n) is 6.28. The zero-order valence-electron chi connectivity index (χ0n) is 11.0. The van der Waals surface area contributed by atoms with Crippen LogP contribution in [0.15, 0.2) is 29.2 Å². The molecule has 1 aromatic rings. The first kappa shape index (κ1) is 16.1. The number of benzene rings is 1. The second kappa shape index (κ2) is 6.20. The van der Waals surface area contributed by atoms with Gasteiger partial charge in [0.2, 0.25) is 0 Å². The first-order chi connectivity index (χ1) is 9.82. The van der Waals surface area contributed by atoms with Gasteiger partial charge in [-0.2, -0.15) is 13.2 Å². The van der Waals surface area contributed by atoms with Crippen molar-refractivity contribution in [3.8, 4) is 0 Å². The predicted molar refractivity (Wildman–Crippen MR) is 70.8 cm³/mol. The fourth-order valence-corrected chi connectivity index (χ4v) is 2.89. The topological polar surface area (TPSA) is 67.4 Å². The van der Waals surface area contributed by atoms with Gasteiger partial charge in [-0.25, -0.2) is 8.42 Å². The Hall–Kier alpha value is -1.32. The van der Waals surface area contributed by atoms with Crippen molar-refractivity contribution in [2.75, 3.05) is 31.6 Å². The van der Waals surface area contributed by atoms with Crippen molar-refractivity contribution in [2.24, 2.45) is 0 Å². The molecule has 5 nitrogen and oxygen atoms in total. The Kier molecular flexibility index (Phi) is 4.74. The average molecular weight is 324 g/mol. The van der Waals surface area contributed by atoms with Gasteiger partial charge in [-0.15, -0.1) is 0 Å². The van der Waals surface area contributed by atoms with Gasteiger partial charge in [0, 0.05) is 19.1 Å². The second-order valence-corrected chi connectivity index (χ2v) is 6.46. The molecule has 1 heterocycles. The largest absolute Gasteiger partial charge is 0.501 e. The van der Waals surface area contributed by atoms with Gasteiger partial charge in [-0.05, 0) is 12.1 Å². The number of halogens is 3. The highest BCUT2D eigenvalue weighted by atomic mass is 32.2. The molecule has 0 saturated carbocycles. The van der Waals surface area contributed by atoms with Crippen molar-refractivity contribution in [1.82, 2.24) is 5.32 Å². The third-order valence-corrected chi connectivity index (χ3v) is 4.56. The van der Waals surface area contributed by atoms with E-state index in [4.69, 9.17) is 4.74 Å². The molecule has 1 saturated heterocycles. The number of ether oxygens (including phenoxy) is 1. The minimum absolute atomic E-state index is 0.0674. The lowest BCUT2D eigenvalue weighted by Crippen LogP contribution is -2.45. The highest BCUT2D eigenvalue weighted by Crippen LogP contribution is 2.34. The van der Waals surface area contributed by atoms with Crippen molar-refractivity contribution < 1.29 is 26.3 Å². The summed E-state index contributed by atoms with van der Waals surface area (Å²) in [4.78, 5) is -0.769. The van der Waals surface area contributed by atoms with Gasteiger partial charge in [-0.1, -0.05) is 12.1 Å². The number of para-hydroxylation sites is 1. The molecule has 9 heteroatoms. The molecule has 0 aromatic heterocycles. The van der Waals surface area contributed by atoms with Gasteiger partial charge in [0.1, 0.15) is 0 Å². The minimum Gasteiger partial charge on any atom is -0.382 e. The maximum atomic E-state index is 12.6. The minimum atomic E-state index is -5.37. The molecule has 1 aliphatic rings. The summed E-state index contributed by atoms with van der Waals surface area (Å²) in [5, 5.41) is 5.86. The summed E-state index contributed by atoms with van der Waals surface area (Å²) < 4.78 is 66.2. The van der Waals surface area contributed by atoms with Crippen LogP contribution in [-0.2, 0) is 14.6 Å².